The van der Waals surface area contributed by atoms with Crippen LogP contribution in [0.5, 0.6) is 0 Å². The Morgan fingerprint density at radius 2 is 1.97 bits per heavy atom. The molecule has 2 aromatic heterocycles. The van der Waals surface area contributed by atoms with E-state index in [1.165, 1.54) is 23.7 Å². The summed E-state index contributed by atoms with van der Waals surface area (Å²) in [4.78, 5) is 15.2. The molecular weight excluding hydrogens is 416 g/mol. The number of nitro groups is 1. The topological polar surface area (TPSA) is 132 Å². The molecule has 12 heteroatoms. The molecule has 1 aromatic carbocycles. The molecule has 3 rings (SSSR count). The van der Waals surface area contributed by atoms with E-state index in [4.69, 9.17) is 0 Å². The van der Waals surface area contributed by atoms with E-state index in [0.29, 0.717) is 18.5 Å². The van der Waals surface area contributed by atoms with Crippen molar-refractivity contribution in [1.29, 1.82) is 0 Å². The number of aromatic nitrogens is 3. The van der Waals surface area contributed by atoms with Crippen LogP contribution in [-0.4, -0.2) is 40.2 Å². The average Bonchev–Trinajstić information content (AvgIpc) is 3.28. The Bertz CT molecular complexity index is 1090. The molecule has 0 atom stereocenters. The molecule has 0 spiro atoms. The second-order valence-electron chi connectivity index (χ2n) is 6.53. The predicted molar refractivity (Wildman–Crippen MR) is 111 cm³/mol. The Hall–Kier alpha value is -2.57. The molecule has 0 radical (unpaired) electrons. The van der Waals surface area contributed by atoms with Crippen LogP contribution in [0.4, 0.5) is 11.6 Å². The fraction of sp³-hybridized carbons (Fsp3) is 0.412. The molecule has 0 aliphatic heterocycles. The Kier molecular flexibility index (Phi) is 6.77. The van der Waals surface area contributed by atoms with Gasteiger partial charge in [-0.15, -0.1) is 0 Å². The number of aryl methyl sites for hydroxylation is 1. The van der Waals surface area contributed by atoms with Gasteiger partial charge < -0.3 is 5.32 Å². The van der Waals surface area contributed by atoms with E-state index in [9.17, 15) is 18.5 Å². The van der Waals surface area contributed by atoms with Crippen molar-refractivity contribution in [3.63, 3.8) is 0 Å². The summed E-state index contributed by atoms with van der Waals surface area (Å²) in [6, 6.07) is 3.84. The highest BCUT2D eigenvalue weighted by Gasteiger charge is 2.19. The molecule has 0 aliphatic carbocycles. The molecule has 0 saturated carbocycles. The van der Waals surface area contributed by atoms with Gasteiger partial charge in [0.1, 0.15) is 0 Å². The van der Waals surface area contributed by atoms with Gasteiger partial charge in [-0.2, -0.15) is 4.37 Å². The van der Waals surface area contributed by atoms with Gasteiger partial charge in [-0.05, 0) is 25.3 Å². The molecule has 2 N–H and O–H groups in total. The first kappa shape index (κ1) is 21.1. The lowest BCUT2D eigenvalue weighted by Gasteiger charge is -2.09. The number of nitro benzene ring substituents is 1. The second-order valence-corrected chi connectivity index (χ2v) is 9.00. The quantitative estimate of drug-likeness (QED) is 0.267. The van der Waals surface area contributed by atoms with Crippen molar-refractivity contribution in [1.82, 2.24) is 18.5 Å². The molecule has 2 heterocycles. The first-order valence-corrected chi connectivity index (χ1v) is 11.4. The van der Waals surface area contributed by atoms with Crippen molar-refractivity contribution in [3.05, 3.63) is 46.3 Å². The number of sulfonamides is 1. The van der Waals surface area contributed by atoms with Gasteiger partial charge in [0.05, 0.1) is 9.82 Å². The molecule has 29 heavy (non-hydrogen) atoms. The van der Waals surface area contributed by atoms with E-state index in [2.05, 4.69) is 19.4 Å². The third kappa shape index (κ3) is 5.28. The minimum Gasteiger partial charge on any atom is -0.355 e. The highest BCUT2D eigenvalue weighted by Crippen LogP contribution is 2.21. The molecule has 3 aromatic rings. The van der Waals surface area contributed by atoms with E-state index < -0.39 is 14.9 Å². The number of nitrogens with one attached hydrogen (secondary N) is 2. The van der Waals surface area contributed by atoms with Gasteiger partial charge in [0.15, 0.2) is 0 Å². The van der Waals surface area contributed by atoms with Crippen molar-refractivity contribution < 1.29 is 13.3 Å². The van der Waals surface area contributed by atoms with Crippen molar-refractivity contribution in [2.45, 2.75) is 37.5 Å². The molecule has 10 nitrogen and oxygen atoms in total. The second kappa shape index (κ2) is 9.29. The van der Waals surface area contributed by atoms with Gasteiger partial charge in [-0.3, -0.25) is 14.5 Å². The zero-order chi connectivity index (χ0) is 20.9. The first-order chi connectivity index (χ1) is 13.9. The summed E-state index contributed by atoms with van der Waals surface area (Å²) in [5.74, 6) is 0.780. The van der Waals surface area contributed by atoms with E-state index in [-0.39, 0.29) is 10.6 Å². The van der Waals surface area contributed by atoms with Gasteiger partial charge in [0, 0.05) is 49.1 Å². The standard InChI is InChI=1S/C17H22N6O4S2/c1-13-6-7-14(23(24)25)12-15(13)29(26,27)20-9-5-3-2-4-8-18-16-21-28-17-19-10-11-22(16)17/h6-7,10-12,20H,2-5,8-9H2,1H3,(H,18,21). The maximum Gasteiger partial charge on any atom is 0.270 e. The smallest absolute Gasteiger partial charge is 0.270 e. The summed E-state index contributed by atoms with van der Waals surface area (Å²) in [6.45, 7) is 2.68. The van der Waals surface area contributed by atoms with Crippen LogP contribution in [0.2, 0.25) is 0 Å². The Morgan fingerprint density at radius 3 is 2.72 bits per heavy atom. The summed E-state index contributed by atoms with van der Waals surface area (Å²) in [5, 5.41) is 14.1. The number of unbranched alkanes of at least 4 members (excludes halogenated alkanes) is 3. The van der Waals surface area contributed by atoms with Crippen LogP contribution in [0.15, 0.2) is 35.5 Å². The number of benzene rings is 1. The van der Waals surface area contributed by atoms with Crippen LogP contribution in [-0.2, 0) is 10.0 Å². The summed E-state index contributed by atoms with van der Waals surface area (Å²) in [5.41, 5.74) is 0.236. The fourth-order valence-corrected chi connectivity index (χ4v) is 4.84. The molecule has 0 amide bonds. The minimum absolute atomic E-state index is 0.0509. The highest BCUT2D eigenvalue weighted by molar-refractivity contribution is 7.89. The van der Waals surface area contributed by atoms with Gasteiger partial charge >= 0.3 is 0 Å². The van der Waals surface area contributed by atoms with E-state index in [1.807, 2.05) is 10.6 Å². The van der Waals surface area contributed by atoms with Gasteiger partial charge in [0.25, 0.3) is 5.69 Å². The van der Waals surface area contributed by atoms with Gasteiger partial charge in [-0.25, -0.2) is 18.1 Å². The third-order valence-electron chi connectivity index (χ3n) is 4.40. The maximum absolute atomic E-state index is 12.4. The monoisotopic (exact) mass is 438 g/mol. The lowest BCUT2D eigenvalue weighted by Crippen LogP contribution is -2.25. The Morgan fingerprint density at radius 1 is 1.21 bits per heavy atom. The summed E-state index contributed by atoms with van der Waals surface area (Å²) >= 11 is 1.34. The van der Waals surface area contributed by atoms with E-state index >= 15 is 0 Å². The van der Waals surface area contributed by atoms with Crippen molar-refractivity contribution >= 4 is 38.2 Å². The lowest BCUT2D eigenvalue weighted by molar-refractivity contribution is -0.385. The highest BCUT2D eigenvalue weighted by atomic mass is 32.2. The van der Waals surface area contributed by atoms with E-state index in [1.54, 1.807) is 13.1 Å². The number of imidazole rings is 1. The Labute approximate surface area is 172 Å². The Balaban J connectivity index is 1.37. The van der Waals surface area contributed by atoms with Crippen LogP contribution in [0.1, 0.15) is 31.2 Å². The molecule has 0 saturated heterocycles. The van der Waals surface area contributed by atoms with Crippen LogP contribution in [0, 0.1) is 17.0 Å². The van der Waals surface area contributed by atoms with Gasteiger partial charge in [0.2, 0.25) is 20.9 Å². The van der Waals surface area contributed by atoms with Crippen molar-refractivity contribution in [2.24, 2.45) is 0 Å². The SMILES string of the molecule is Cc1ccc([N+](=O)[O-])cc1S(=O)(=O)NCCCCCCNc1nsc2nccn12. The summed E-state index contributed by atoms with van der Waals surface area (Å²) in [7, 11) is -3.77. The number of anilines is 1. The maximum atomic E-state index is 12.4. The fourth-order valence-electron chi connectivity index (χ4n) is 2.84. The number of fused-ring (bicyclic) bond motifs is 1. The van der Waals surface area contributed by atoms with Crippen LogP contribution >= 0.6 is 11.5 Å². The molecule has 0 aliphatic rings. The number of hydrogen-bond acceptors (Lipinski definition) is 8. The zero-order valence-electron chi connectivity index (χ0n) is 15.9. The van der Waals surface area contributed by atoms with Crippen LogP contribution in [0.25, 0.3) is 4.96 Å². The summed E-state index contributed by atoms with van der Waals surface area (Å²) < 4.78 is 33.6. The number of hydrogen-bond donors (Lipinski definition) is 2. The zero-order valence-corrected chi connectivity index (χ0v) is 17.5. The number of rotatable bonds is 11. The third-order valence-corrected chi connectivity index (χ3v) is 6.73. The first-order valence-electron chi connectivity index (χ1n) is 9.16. The normalized spacial score (nSPS) is 11.8. The average molecular weight is 439 g/mol. The number of non-ortho nitro benzene ring substituents is 1. The molecule has 156 valence electrons. The molecule has 0 unspecified atom stereocenters. The van der Waals surface area contributed by atoms with Crippen molar-refractivity contribution in [2.75, 3.05) is 18.4 Å². The molecule has 0 bridgehead atoms. The number of nitrogens with zero attached hydrogens (tertiary/aromatic N) is 4. The van der Waals surface area contributed by atoms with Crippen LogP contribution < -0.4 is 10.0 Å². The largest absolute Gasteiger partial charge is 0.355 e. The lowest BCUT2D eigenvalue weighted by atomic mass is 10.2. The molecule has 0 fully saturated rings. The summed E-state index contributed by atoms with van der Waals surface area (Å²) in [6.07, 6.45) is 7.03. The predicted octanol–water partition coefficient (Wildman–Crippen LogP) is 2.96. The molecular formula is C17H22N6O4S2. The van der Waals surface area contributed by atoms with Gasteiger partial charge in [-0.1, -0.05) is 18.9 Å². The van der Waals surface area contributed by atoms with E-state index in [0.717, 1.165) is 42.8 Å². The minimum atomic E-state index is -3.77. The van der Waals surface area contributed by atoms with Crippen LogP contribution in [0.3, 0.4) is 0 Å². The van der Waals surface area contributed by atoms with Crippen molar-refractivity contribution in [3.8, 4) is 0 Å².